The third-order valence-electron chi connectivity index (χ3n) is 4.12. The lowest BCUT2D eigenvalue weighted by Gasteiger charge is -2.19. The molecule has 2 saturated heterocycles. The van der Waals surface area contributed by atoms with Crippen molar-refractivity contribution in [3.8, 4) is 0 Å². The molecule has 2 heterocycles. The molecule has 20 heavy (non-hydrogen) atoms. The molecule has 0 aromatic heterocycles. The van der Waals surface area contributed by atoms with E-state index in [-0.39, 0.29) is 23.7 Å². The van der Waals surface area contributed by atoms with Gasteiger partial charge in [-0.25, -0.2) is 0 Å². The fourth-order valence-corrected chi connectivity index (χ4v) is 3.17. The number of nitrogens with zero attached hydrogens (tertiary/aromatic N) is 2. The molecular formula is C16H18N2O2. The van der Waals surface area contributed by atoms with Gasteiger partial charge in [0.1, 0.15) is 0 Å². The van der Waals surface area contributed by atoms with Gasteiger partial charge in [0.15, 0.2) is 0 Å². The van der Waals surface area contributed by atoms with E-state index in [2.05, 4.69) is 23.6 Å². The maximum Gasteiger partial charge on any atom is 0.234 e. The Morgan fingerprint density at radius 3 is 2.25 bits per heavy atom. The highest BCUT2D eigenvalue weighted by Crippen LogP contribution is 2.33. The third kappa shape index (κ3) is 2.16. The summed E-state index contributed by atoms with van der Waals surface area (Å²) in [5.74, 6) is -0.386. The lowest BCUT2D eigenvalue weighted by atomic mass is 10.00. The number of imide groups is 1. The predicted molar refractivity (Wildman–Crippen MR) is 75.6 cm³/mol. The molecule has 2 amide bonds. The van der Waals surface area contributed by atoms with Crippen LogP contribution in [0.25, 0.3) is 0 Å². The lowest BCUT2D eigenvalue weighted by Crippen LogP contribution is -2.35. The van der Waals surface area contributed by atoms with Gasteiger partial charge in [-0.1, -0.05) is 36.4 Å². The summed E-state index contributed by atoms with van der Waals surface area (Å²) < 4.78 is 0. The van der Waals surface area contributed by atoms with Gasteiger partial charge in [0.2, 0.25) is 11.8 Å². The van der Waals surface area contributed by atoms with Gasteiger partial charge in [-0.15, -0.1) is 6.58 Å². The van der Waals surface area contributed by atoms with Crippen LogP contribution in [0.4, 0.5) is 0 Å². The van der Waals surface area contributed by atoms with Gasteiger partial charge < -0.3 is 0 Å². The van der Waals surface area contributed by atoms with E-state index in [1.54, 1.807) is 6.08 Å². The first-order valence-electron chi connectivity index (χ1n) is 6.93. The minimum absolute atomic E-state index is 0.0320. The molecule has 2 fully saturated rings. The van der Waals surface area contributed by atoms with E-state index >= 15 is 0 Å². The molecule has 1 aromatic carbocycles. The molecule has 1 aromatic rings. The zero-order valence-corrected chi connectivity index (χ0v) is 11.4. The van der Waals surface area contributed by atoms with E-state index in [9.17, 15) is 9.59 Å². The SMILES string of the molecule is C=CCN1C(=O)C2CN(Cc3ccccc3)CC2C1=O. The first-order chi connectivity index (χ1) is 9.70. The second kappa shape index (κ2) is 5.21. The zero-order chi connectivity index (χ0) is 14.1. The Balaban J connectivity index is 1.68. The summed E-state index contributed by atoms with van der Waals surface area (Å²) in [6.45, 7) is 6.10. The minimum Gasteiger partial charge on any atom is -0.297 e. The Morgan fingerprint density at radius 1 is 1.10 bits per heavy atom. The van der Waals surface area contributed by atoms with Gasteiger partial charge >= 0.3 is 0 Å². The maximum atomic E-state index is 12.2. The second-order valence-electron chi connectivity index (χ2n) is 5.47. The molecule has 3 rings (SSSR count). The summed E-state index contributed by atoms with van der Waals surface area (Å²) in [6.07, 6.45) is 1.61. The van der Waals surface area contributed by atoms with Crippen LogP contribution >= 0.6 is 0 Å². The van der Waals surface area contributed by atoms with E-state index in [4.69, 9.17) is 0 Å². The monoisotopic (exact) mass is 270 g/mol. The largest absolute Gasteiger partial charge is 0.297 e. The number of benzene rings is 1. The van der Waals surface area contributed by atoms with E-state index in [1.165, 1.54) is 10.5 Å². The molecule has 0 radical (unpaired) electrons. The number of rotatable bonds is 4. The van der Waals surface area contributed by atoms with Crippen molar-refractivity contribution in [2.24, 2.45) is 11.8 Å². The molecule has 2 atom stereocenters. The molecule has 0 bridgehead atoms. The first kappa shape index (κ1) is 13.1. The average Bonchev–Trinajstić information content (AvgIpc) is 2.96. The maximum absolute atomic E-state index is 12.2. The van der Waals surface area contributed by atoms with Gasteiger partial charge in [-0.2, -0.15) is 0 Å². The van der Waals surface area contributed by atoms with Crippen molar-refractivity contribution in [1.29, 1.82) is 0 Å². The van der Waals surface area contributed by atoms with Crippen LogP contribution in [0.1, 0.15) is 5.56 Å². The van der Waals surface area contributed by atoms with Gasteiger partial charge in [0.25, 0.3) is 0 Å². The number of hydrogen-bond donors (Lipinski definition) is 0. The fourth-order valence-electron chi connectivity index (χ4n) is 3.17. The molecule has 0 aliphatic carbocycles. The quantitative estimate of drug-likeness (QED) is 0.611. The highest BCUT2D eigenvalue weighted by Gasteiger charge is 2.51. The summed E-state index contributed by atoms with van der Waals surface area (Å²) in [7, 11) is 0. The van der Waals surface area contributed by atoms with Gasteiger partial charge in [-0.05, 0) is 5.56 Å². The number of amides is 2. The normalized spacial score (nSPS) is 26.1. The van der Waals surface area contributed by atoms with Crippen molar-refractivity contribution in [3.05, 3.63) is 48.6 Å². The van der Waals surface area contributed by atoms with Crippen LogP contribution in [0.2, 0.25) is 0 Å². The number of fused-ring (bicyclic) bond motifs is 1. The van der Waals surface area contributed by atoms with Gasteiger partial charge in [-0.3, -0.25) is 19.4 Å². The van der Waals surface area contributed by atoms with Crippen LogP contribution in [-0.2, 0) is 16.1 Å². The van der Waals surface area contributed by atoms with Crippen LogP contribution in [-0.4, -0.2) is 41.2 Å². The summed E-state index contributed by atoms with van der Waals surface area (Å²) in [6, 6.07) is 10.1. The van der Waals surface area contributed by atoms with Crippen molar-refractivity contribution in [2.75, 3.05) is 19.6 Å². The molecular weight excluding hydrogens is 252 g/mol. The molecule has 0 spiro atoms. The van der Waals surface area contributed by atoms with Crippen molar-refractivity contribution < 1.29 is 9.59 Å². The highest BCUT2D eigenvalue weighted by molar-refractivity contribution is 6.05. The smallest absolute Gasteiger partial charge is 0.234 e. The number of likely N-dealkylation sites (tertiary alicyclic amines) is 2. The molecule has 0 N–H and O–H groups in total. The van der Waals surface area contributed by atoms with Crippen molar-refractivity contribution in [2.45, 2.75) is 6.54 Å². The second-order valence-corrected chi connectivity index (χ2v) is 5.47. The highest BCUT2D eigenvalue weighted by atomic mass is 16.2. The summed E-state index contributed by atoms with van der Waals surface area (Å²) >= 11 is 0. The average molecular weight is 270 g/mol. The summed E-state index contributed by atoms with van der Waals surface area (Å²) in [4.78, 5) is 28.0. The Kier molecular flexibility index (Phi) is 3.40. The zero-order valence-electron chi connectivity index (χ0n) is 11.4. The first-order valence-corrected chi connectivity index (χ1v) is 6.93. The third-order valence-corrected chi connectivity index (χ3v) is 4.12. The lowest BCUT2D eigenvalue weighted by molar-refractivity contribution is -0.140. The van der Waals surface area contributed by atoms with Gasteiger partial charge in [0, 0.05) is 26.2 Å². The van der Waals surface area contributed by atoms with Crippen LogP contribution < -0.4 is 0 Å². The van der Waals surface area contributed by atoms with Crippen LogP contribution in [0.3, 0.4) is 0 Å². The van der Waals surface area contributed by atoms with Crippen molar-refractivity contribution in [1.82, 2.24) is 9.80 Å². The van der Waals surface area contributed by atoms with E-state index < -0.39 is 0 Å². The van der Waals surface area contributed by atoms with E-state index in [1.807, 2.05) is 18.2 Å². The molecule has 4 heteroatoms. The minimum atomic E-state index is -0.161. The summed E-state index contributed by atoms with van der Waals surface area (Å²) in [5.41, 5.74) is 1.22. The number of hydrogen-bond acceptors (Lipinski definition) is 3. The van der Waals surface area contributed by atoms with Gasteiger partial charge in [0.05, 0.1) is 11.8 Å². The van der Waals surface area contributed by atoms with Crippen molar-refractivity contribution >= 4 is 11.8 Å². The number of carbonyl (C=O) groups is 2. The van der Waals surface area contributed by atoms with E-state index in [0.717, 1.165) is 6.54 Å². The Hall–Kier alpha value is -1.94. The van der Waals surface area contributed by atoms with Crippen molar-refractivity contribution in [3.63, 3.8) is 0 Å². The predicted octanol–water partition coefficient (Wildman–Crippen LogP) is 1.29. The van der Waals surface area contributed by atoms with Crippen LogP contribution in [0.5, 0.6) is 0 Å². The molecule has 2 aliphatic heterocycles. The van der Waals surface area contributed by atoms with Crippen LogP contribution in [0.15, 0.2) is 43.0 Å². The molecule has 0 saturated carbocycles. The standard InChI is InChI=1S/C16H18N2O2/c1-2-8-18-15(19)13-10-17(11-14(13)16(18)20)9-12-6-4-3-5-7-12/h2-7,13-14H,1,8-11H2. The fraction of sp³-hybridized carbons (Fsp3) is 0.375. The number of carbonyl (C=O) groups excluding carboxylic acids is 2. The molecule has 2 unspecified atom stereocenters. The molecule has 2 aliphatic rings. The Labute approximate surface area is 118 Å². The topological polar surface area (TPSA) is 40.6 Å². The molecule has 104 valence electrons. The Morgan fingerprint density at radius 2 is 1.70 bits per heavy atom. The summed E-state index contributed by atoms with van der Waals surface area (Å²) in [5, 5.41) is 0. The van der Waals surface area contributed by atoms with Crippen LogP contribution in [0, 0.1) is 11.8 Å². The molecule has 4 nitrogen and oxygen atoms in total. The Bertz CT molecular complexity index is 517. The van der Waals surface area contributed by atoms with E-state index in [0.29, 0.717) is 19.6 Å².